The summed E-state index contributed by atoms with van der Waals surface area (Å²) in [7, 11) is 0. The molecule has 19 heavy (non-hydrogen) atoms. The van der Waals surface area contributed by atoms with Gasteiger partial charge in [0, 0.05) is 24.7 Å². The van der Waals surface area contributed by atoms with Gasteiger partial charge in [-0.15, -0.1) is 0 Å². The van der Waals surface area contributed by atoms with Gasteiger partial charge in [-0.25, -0.2) is 4.79 Å². The highest BCUT2D eigenvalue weighted by Gasteiger charge is 2.21. The Balaban J connectivity index is 3.08. The van der Waals surface area contributed by atoms with E-state index in [1.165, 1.54) is 18.2 Å². The topological polar surface area (TPSA) is 89.7 Å². The summed E-state index contributed by atoms with van der Waals surface area (Å²) in [5.74, 6) is -0.605. The second-order valence-corrected chi connectivity index (χ2v) is 5.08. The number of hydrogen-bond donors (Lipinski definition) is 1. The van der Waals surface area contributed by atoms with E-state index >= 15 is 0 Å². The quantitative estimate of drug-likeness (QED) is 0.512. The molecular formula is C13H17NO5. The molecule has 1 aromatic carbocycles. The van der Waals surface area contributed by atoms with E-state index in [-0.39, 0.29) is 24.3 Å². The molecule has 0 fully saturated rings. The first-order valence-electron chi connectivity index (χ1n) is 5.86. The summed E-state index contributed by atoms with van der Waals surface area (Å²) in [6.07, 6.45) is 0.172. The van der Waals surface area contributed by atoms with Gasteiger partial charge in [0.2, 0.25) is 0 Å². The van der Waals surface area contributed by atoms with Gasteiger partial charge in [0.05, 0.1) is 10.5 Å². The monoisotopic (exact) mass is 267 g/mol. The van der Waals surface area contributed by atoms with E-state index in [9.17, 15) is 14.9 Å². The second kappa shape index (κ2) is 5.79. The number of nitrogens with zero attached hydrogens (tertiary/aromatic N) is 1. The van der Waals surface area contributed by atoms with Gasteiger partial charge >= 0.3 is 5.97 Å². The first-order valence-corrected chi connectivity index (χ1v) is 5.86. The van der Waals surface area contributed by atoms with Gasteiger partial charge in [-0.3, -0.25) is 10.1 Å². The fourth-order valence-electron chi connectivity index (χ4n) is 1.53. The van der Waals surface area contributed by atoms with Crippen molar-refractivity contribution in [2.75, 3.05) is 6.61 Å². The minimum Gasteiger partial charge on any atom is -0.456 e. The van der Waals surface area contributed by atoms with E-state index in [1.807, 2.05) is 0 Å². The minimum absolute atomic E-state index is 0.128. The summed E-state index contributed by atoms with van der Waals surface area (Å²) in [6, 6.07) is 4.11. The van der Waals surface area contributed by atoms with E-state index in [1.54, 1.807) is 20.8 Å². The standard InChI is InChI=1S/C13H17NO5/c1-13(2,3)19-12(16)10-5-4-9(6-7-15)11(8-10)14(17)18/h4-5,8,15H,6-7H2,1-3H3. The van der Waals surface area contributed by atoms with Crippen molar-refractivity contribution in [3.8, 4) is 0 Å². The molecule has 0 saturated carbocycles. The number of ether oxygens (including phenoxy) is 1. The molecule has 0 heterocycles. The molecule has 1 N–H and O–H groups in total. The van der Waals surface area contributed by atoms with Crippen LogP contribution in [0.2, 0.25) is 0 Å². The van der Waals surface area contributed by atoms with Gasteiger partial charge in [0.1, 0.15) is 5.60 Å². The maximum atomic E-state index is 11.8. The summed E-state index contributed by atoms with van der Waals surface area (Å²) in [5.41, 5.74) is -0.323. The van der Waals surface area contributed by atoms with Crippen molar-refractivity contribution in [2.24, 2.45) is 0 Å². The Hall–Kier alpha value is -1.95. The summed E-state index contributed by atoms with van der Waals surface area (Å²) in [5, 5.41) is 19.8. The number of benzene rings is 1. The maximum absolute atomic E-state index is 11.8. The van der Waals surface area contributed by atoms with Gasteiger partial charge in [0.15, 0.2) is 0 Å². The summed E-state index contributed by atoms with van der Waals surface area (Å²) in [4.78, 5) is 22.2. The highest BCUT2D eigenvalue weighted by Crippen LogP contribution is 2.22. The van der Waals surface area contributed by atoms with Crippen molar-refractivity contribution in [3.05, 3.63) is 39.4 Å². The Labute approximate surface area is 111 Å². The highest BCUT2D eigenvalue weighted by atomic mass is 16.6. The lowest BCUT2D eigenvalue weighted by atomic mass is 10.1. The Morgan fingerprint density at radius 1 is 1.42 bits per heavy atom. The molecule has 6 nitrogen and oxygen atoms in total. The highest BCUT2D eigenvalue weighted by molar-refractivity contribution is 5.90. The number of esters is 1. The molecule has 0 aliphatic carbocycles. The zero-order chi connectivity index (χ0) is 14.6. The lowest BCUT2D eigenvalue weighted by molar-refractivity contribution is -0.385. The van der Waals surface area contributed by atoms with E-state index in [0.29, 0.717) is 5.56 Å². The molecular weight excluding hydrogens is 250 g/mol. The number of nitro benzene ring substituents is 1. The van der Waals surface area contributed by atoms with Crippen LogP contribution < -0.4 is 0 Å². The van der Waals surface area contributed by atoms with E-state index in [0.717, 1.165) is 0 Å². The van der Waals surface area contributed by atoms with E-state index in [4.69, 9.17) is 9.84 Å². The minimum atomic E-state index is -0.657. The average molecular weight is 267 g/mol. The largest absolute Gasteiger partial charge is 0.456 e. The SMILES string of the molecule is CC(C)(C)OC(=O)c1ccc(CCO)c([N+](=O)[O-])c1. The molecule has 0 atom stereocenters. The number of rotatable bonds is 4. The normalized spacial score (nSPS) is 11.2. The predicted molar refractivity (Wildman–Crippen MR) is 69.1 cm³/mol. The van der Waals surface area contributed by atoms with Crippen LogP contribution in [0.15, 0.2) is 18.2 Å². The number of nitro groups is 1. The first-order chi connectivity index (χ1) is 8.74. The van der Waals surface area contributed by atoms with Crippen molar-refractivity contribution in [1.29, 1.82) is 0 Å². The van der Waals surface area contributed by atoms with Gasteiger partial charge < -0.3 is 9.84 Å². The Kier molecular flexibility index (Phi) is 4.61. The summed E-state index contributed by atoms with van der Waals surface area (Å²) in [6.45, 7) is 4.98. The zero-order valence-electron chi connectivity index (χ0n) is 11.2. The molecule has 0 aromatic heterocycles. The predicted octanol–water partition coefficient (Wildman–Crippen LogP) is 2.08. The van der Waals surface area contributed by atoms with Crippen LogP contribution in [-0.4, -0.2) is 28.2 Å². The molecule has 6 heteroatoms. The maximum Gasteiger partial charge on any atom is 0.338 e. The van der Waals surface area contributed by atoms with Gasteiger partial charge in [-0.1, -0.05) is 6.07 Å². The summed E-state index contributed by atoms with van der Waals surface area (Å²) < 4.78 is 5.15. The molecule has 0 radical (unpaired) electrons. The van der Waals surface area contributed by atoms with Crippen molar-refractivity contribution in [1.82, 2.24) is 0 Å². The van der Waals surface area contributed by atoms with Crippen LogP contribution >= 0.6 is 0 Å². The second-order valence-electron chi connectivity index (χ2n) is 5.08. The van der Waals surface area contributed by atoms with Crippen LogP contribution in [0, 0.1) is 10.1 Å². The smallest absolute Gasteiger partial charge is 0.338 e. The van der Waals surface area contributed by atoms with Crippen LogP contribution in [0.3, 0.4) is 0 Å². The van der Waals surface area contributed by atoms with Gasteiger partial charge in [-0.2, -0.15) is 0 Å². The van der Waals surface area contributed by atoms with Crippen LogP contribution in [0.5, 0.6) is 0 Å². The Morgan fingerprint density at radius 3 is 2.53 bits per heavy atom. The number of carbonyl (C=O) groups is 1. The third-order valence-electron chi connectivity index (χ3n) is 2.30. The molecule has 0 unspecified atom stereocenters. The van der Waals surface area contributed by atoms with Crippen LogP contribution in [0.1, 0.15) is 36.7 Å². The van der Waals surface area contributed by atoms with E-state index in [2.05, 4.69) is 0 Å². The van der Waals surface area contributed by atoms with E-state index < -0.39 is 16.5 Å². The Morgan fingerprint density at radius 2 is 2.05 bits per heavy atom. The first kappa shape index (κ1) is 15.1. The molecule has 0 bridgehead atoms. The summed E-state index contributed by atoms with van der Waals surface area (Å²) >= 11 is 0. The van der Waals surface area contributed by atoms with Gasteiger partial charge in [-0.05, 0) is 26.8 Å². The lowest BCUT2D eigenvalue weighted by Crippen LogP contribution is -2.24. The van der Waals surface area contributed by atoms with Gasteiger partial charge in [0.25, 0.3) is 5.69 Å². The molecule has 1 aromatic rings. The third-order valence-corrected chi connectivity index (χ3v) is 2.30. The lowest BCUT2D eigenvalue weighted by Gasteiger charge is -2.19. The van der Waals surface area contributed by atoms with Crippen molar-refractivity contribution >= 4 is 11.7 Å². The Bertz CT molecular complexity index is 490. The van der Waals surface area contributed by atoms with Crippen LogP contribution in [-0.2, 0) is 11.2 Å². The molecule has 0 aliphatic rings. The van der Waals surface area contributed by atoms with Crippen LogP contribution in [0.25, 0.3) is 0 Å². The number of aliphatic hydroxyl groups excluding tert-OH is 1. The van der Waals surface area contributed by atoms with Crippen LogP contribution in [0.4, 0.5) is 5.69 Å². The van der Waals surface area contributed by atoms with Crippen molar-refractivity contribution < 1.29 is 19.6 Å². The zero-order valence-corrected chi connectivity index (χ0v) is 11.2. The number of hydrogen-bond acceptors (Lipinski definition) is 5. The molecule has 0 aliphatic heterocycles. The molecule has 0 saturated heterocycles. The molecule has 1 rings (SSSR count). The number of aliphatic hydroxyl groups is 1. The fraction of sp³-hybridized carbons (Fsp3) is 0.462. The molecule has 104 valence electrons. The fourth-order valence-corrected chi connectivity index (χ4v) is 1.53. The molecule has 0 amide bonds. The average Bonchev–Trinajstić information content (AvgIpc) is 2.27. The van der Waals surface area contributed by atoms with Crippen molar-refractivity contribution in [3.63, 3.8) is 0 Å². The third kappa shape index (κ3) is 4.33. The van der Waals surface area contributed by atoms with Crippen molar-refractivity contribution in [2.45, 2.75) is 32.8 Å². The molecule has 0 spiro atoms. The number of carbonyl (C=O) groups excluding carboxylic acids is 1.